The third kappa shape index (κ3) is 1.50. The normalized spacial score (nSPS) is 11.4. The fourth-order valence-electron chi connectivity index (χ4n) is 2.31. The smallest absolute Gasteiger partial charge is 0.108 e. The number of hydrogen-bond donors (Lipinski definition) is 0. The summed E-state index contributed by atoms with van der Waals surface area (Å²) in [5.74, 6) is 1.03. The Morgan fingerprint density at radius 3 is 2.88 bits per heavy atom. The van der Waals surface area contributed by atoms with Gasteiger partial charge >= 0.3 is 0 Å². The van der Waals surface area contributed by atoms with Crippen LogP contribution in [0.2, 0.25) is 0 Å². The number of hydrogen-bond acceptors (Lipinski definition) is 2. The lowest BCUT2D eigenvalue weighted by atomic mass is 10.2. The summed E-state index contributed by atoms with van der Waals surface area (Å²) < 4.78 is 2.23. The number of fused-ring (bicyclic) bond motifs is 3. The van der Waals surface area contributed by atoms with E-state index in [2.05, 4.69) is 27.5 Å². The highest BCUT2D eigenvalue weighted by molar-refractivity contribution is 6.02. The summed E-state index contributed by atoms with van der Waals surface area (Å²) in [6, 6.07) is 8.19. The van der Waals surface area contributed by atoms with Gasteiger partial charge in [0, 0.05) is 11.9 Å². The van der Waals surface area contributed by atoms with Gasteiger partial charge in [-0.1, -0.05) is 25.1 Å². The molecule has 2 heterocycles. The molecule has 0 bridgehead atoms. The van der Waals surface area contributed by atoms with Gasteiger partial charge in [-0.2, -0.15) is 0 Å². The van der Waals surface area contributed by atoms with Crippen molar-refractivity contribution in [3.8, 4) is 0 Å². The van der Waals surface area contributed by atoms with Gasteiger partial charge in [-0.15, -0.1) is 0 Å². The van der Waals surface area contributed by atoms with Crippen molar-refractivity contribution in [2.45, 2.75) is 19.9 Å². The lowest BCUT2D eigenvalue weighted by Crippen LogP contribution is -1.99. The monoisotopic (exact) mass is 224 g/mol. The summed E-state index contributed by atoms with van der Waals surface area (Å²) >= 11 is 0. The molecule has 0 aliphatic rings. The topological polar surface area (TPSA) is 30.7 Å². The number of imidazole rings is 1. The molecule has 85 valence electrons. The molecule has 3 nitrogen and oxygen atoms in total. The van der Waals surface area contributed by atoms with Gasteiger partial charge in [0.25, 0.3) is 0 Å². The fourth-order valence-corrected chi connectivity index (χ4v) is 2.31. The molecule has 0 aliphatic carbocycles. The van der Waals surface area contributed by atoms with Gasteiger partial charge < -0.3 is 4.57 Å². The first-order chi connectivity index (χ1) is 8.31. The summed E-state index contributed by atoms with van der Waals surface area (Å²) in [6.45, 7) is 6.86. The Morgan fingerprint density at radius 2 is 2.06 bits per heavy atom. The van der Waals surface area contributed by atoms with Crippen LogP contribution in [0.25, 0.3) is 21.9 Å². The number of aromatic nitrogens is 3. The second-order valence-electron chi connectivity index (χ2n) is 4.17. The zero-order chi connectivity index (χ0) is 11.8. The van der Waals surface area contributed by atoms with Gasteiger partial charge in [0.2, 0.25) is 0 Å². The maximum absolute atomic E-state index is 4.55. The van der Waals surface area contributed by atoms with Crippen LogP contribution >= 0.6 is 0 Å². The molecule has 0 saturated heterocycles. The van der Waals surface area contributed by atoms with Crippen LogP contribution < -0.4 is 0 Å². The van der Waals surface area contributed by atoms with Gasteiger partial charge in [-0.3, -0.25) is 4.98 Å². The van der Waals surface area contributed by atoms with E-state index < -0.39 is 0 Å². The molecule has 0 fully saturated rings. The molecule has 0 N–H and O–H groups in total. The van der Waals surface area contributed by atoms with Crippen molar-refractivity contribution >= 4 is 21.9 Å². The van der Waals surface area contributed by atoms with Crippen molar-refractivity contribution in [1.82, 2.24) is 14.5 Å². The van der Waals surface area contributed by atoms with E-state index in [-0.39, 0.29) is 0 Å². The second kappa shape index (κ2) is 3.84. The highest BCUT2D eigenvalue weighted by Crippen LogP contribution is 2.24. The average Bonchev–Trinajstić information content (AvgIpc) is 2.67. The Morgan fingerprint density at radius 1 is 1.24 bits per heavy atom. The molecule has 0 saturated carbocycles. The lowest BCUT2D eigenvalue weighted by molar-refractivity contribution is 0.705. The summed E-state index contributed by atoms with van der Waals surface area (Å²) in [5, 5.41) is 1.17. The number of benzene rings is 1. The molecule has 3 aromatic rings. The van der Waals surface area contributed by atoms with Crippen LogP contribution in [0, 0.1) is 13.8 Å². The van der Waals surface area contributed by atoms with Gasteiger partial charge in [0.15, 0.2) is 0 Å². The first-order valence-electron chi connectivity index (χ1n) is 5.81. The second-order valence-corrected chi connectivity index (χ2v) is 4.17. The molecule has 1 aromatic carbocycles. The largest absolute Gasteiger partial charge is 0.328 e. The maximum atomic E-state index is 4.55. The number of para-hydroxylation sites is 1. The predicted molar refractivity (Wildman–Crippen MR) is 69.7 cm³/mol. The van der Waals surface area contributed by atoms with E-state index in [1.54, 1.807) is 0 Å². The molecule has 17 heavy (non-hydrogen) atoms. The van der Waals surface area contributed by atoms with Crippen LogP contribution in [0.15, 0.2) is 30.5 Å². The van der Waals surface area contributed by atoms with Gasteiger partial charge in [-0.25, -0.2) is 4.98 Å². The van der Waals surface area contributed by atoms with Crippen LogP contribution in [0.3, 0.4) is 0 Å². The van der Waals surface area contributed by atoms with Crippen LogP contribution in [0.5, 0.6) is 0 Å². The van der Waals surface area contributed by atoms with Gasteiger partial charge in [0.05, 0.1) is 17.2 Å². The van der Waals surface area contributed by atoms with E-state index in [9.17, 15) is 0 Å². The van der Waals surface area contributed by atoms with E-state index in [1.807, 2.05) is 31.3 Å². The molecule has 0 amide bonds. The van der Waals surface area contributed by atoms with Crippen molar-refractivity contribution in [2.75, 3.05) is 0 Å². The van der Waals surface area contributed by atoms with Crippen molar-refractivity contribution in [2.24, 2.45) is 0 Å². The fraction of sp³-hybridized carbons (Fsp3) is 0.214. The van der Waals surface area contributed by atoms with E-state index in [4.69, 9.17) is 0 Å². The van der Waals surface area contributed by atoms with Crippen molar-refractivity contribution in [3.63, 3.8) is 0 Å². The molecule has 3 rings (SSSR count). The highest BCUT2D eigenvalue weighted by Gasteiger charge is 2.10. The zero-order valence-electron chi connectivity index (χ0n) is 9.85. The minimum atomic E-state index is 0.864. The summed E-state index contributed by atoms with van der Waals surface area (Å²) in [5.41, 5.74) is 3.16. The highest BCUT2D eigenvalue weighted by atomic mass is 15.1. The summed E-state index contributed by atoms with van der Waals surface area (Å²) in [7, 11) is 0. The van der Waals surface area contributed by atoms with Crippen LogP contribution in [0.4, 0.5) is 0 Å². The van der Waals surface area contributed by atoms with Crippen molar-refractivity contribution in [3.05, 3.63) is 43.2 Å². The molecule has 2 aromatic heterocycles. The van der Waals surface area contributed by atoms with Crippen molar-refractivity contribution < 1.29 is 0 Å². The number of aryl methyl sites for hydroxylation is 2. The average molecular weight is 224 g/mol. The van der Waals surface area contributed by atoms with E-state index in [0.717, 1.165) is 29.8 Å². The molecular formula is C14H14N3. The molecule has 0 aliphatic heterocycles. The molecule has 0 spiro atoms. The van der Waals surface area contributed by atoms with Gasteiger partial charge in [-0.05, 0) is 19.4 Å². The summed E-state index contributed by atoms with van der Waals surface area (Å²) in [4.78, 5) is 8.99. The minimum Gasteiger partial charge on any atom is -0.328 e. The molecule has 1 radical (unpaired) electrons. The molecule has 0 unspecified atom stereocenters. The third-order valence-corrected chi connectivity index (χ3v) is 3.05. The maximum Gasteiger partial charge on any atom is 0.108 e. The minimum absolute atomic E-state index is 0.864. The number of pyridine rings is 1. The Bertz CT molecular complexity index is 682. The van der Waals surface area contributed by atoms with E-state index in [1.165, 1.54) is 10.9 Å². The first kappa shape index (κ1) is 10.3. The van der Waals surface area contributed by atoms with Crippen molar-refractivity contribution in [1.29, 1.82) is 0 Å². The molecule has 3 heteroatoms. The Balaban J connectivity index is 2.46. The standard InChI is InChI=1S/C14H14N3/c1-3-8-17-10(2)16-13-9-15-12-7-5-4-6-11(12)14(13)17/h4-7,9H,1,3,8H2,2H3. The Kier molecular flexibility index (Phi) is 2.32. The van der Waals surface area contributed by atoms with E-state index >= 15 is 0 Å². The van der Waals surface area contributed by atoms with Crippen LogP contribution in [-0.4, -0.2) is 14.5 Å². The number of nitrogens with zero attached hydrogens (tertiary/aromatic N) is 3. The predicted octanol–water partition coefficient (Wildman–Crippen LogP) is 3.12. The Hall–Kier alpha value is -1.90. The zero-order valence-corrected chi connectivity index (χ0v) is 9.85. The van der Waals surface area contributed by atoms with E-state index in [0.29, 0.717) is 0 Å². The lowest BCUT2D eigenvalue weighted by Gasteiger charge is -2.06. The third-order valence-electron chi connectivity index (χ3n) is 3.05. The summed E-state index contributed by atoms with van der Waals surface area (Å²) in [6.07, 6.45) is 2.72. The van der Waals surface area contributed by atoms with Crippen LogP contribution in [0.1, 0.15) is 12.2 Å². The first-order valence-corrected chi connectivity index (χ1v) is 5.81. The number of rotatable bonds is 2. The quantitative estimate of drug-likeness (QED) is 0.669. The van der Waals surface area contributed by atoms with Gasteiger partial charge in [0.1, 0.15) is 11.3 Å². The van der Waals surface area contributed by atoms with Crippen LogP contribution in [-0.2, 0) is 6.54 Å². The molecular weight excluding hydrogens is 210 g/mol. The Labute approximate surface area is 100 Å². The SMILES string of the molecule is [CH2]CCn1c(C)nc2cnc3ccccc3c21. The molecule has 0 atom stereocenters.